The van der Waals surface area contributed by atoms with Crippen molar-refractivity contribution >= 4 is 48.3 Å². The number of rotatable bonds is 4. The average Bonchev–Trinajstić information content (AvgIpc) is 2.48. The second-order valence-corrected chi connectivity index (χ2v) is 5.83. The van der Waals surface area contributed by atoms with Crippen LogP contribution >= 0.6 is 15.9 Å². The summed E-state index contributed by atoms with van der Waals surface area (Å²) in [6, 6.07) is 15.8. The van der Waals surface area contributed by atoms with Gasteiger partial charge in [0.15, 0.2) is 0 Å². The molecule has 0 aromatic heterocycles. The zero-order valence-corrected chi connectivity index (χ0v) is 14.2. The molecule has 0 heterocycles. The van der Waals surface area contributed by atoms with E-state index in [1.54, 1.807) is 13.3 Å². The van der Waals surface area contributed by atoms with Crippen molar-refractivity contribution in [1.82, 2.24) is 0 Å². The average molecular weight is 394 g/mol. The standard InChI is InChI=1S/C16H13BrNOSe/c1-19-15-5-3-2-4-14(15)18-11-10-16(20)12-6-8-13(17)9-7-12/h2-11H,1H3. The molecule has 4 heteroatoms. The minimum absolute atomic E-state index is 0.766. The Morgan fingerprint density at radius 1 is 1.15 bits per heavy atom. The Morgan fingerprint density at radius 2 is 1.85 bits per heavy atom. The summed E-state index contributed by atoms with van der Waals surface area (Å²) in [6.07, 6.45) is 3.71. The monoisotopic (exact) mass is 394 g/mol. The van der Waals surface area contributed by atoms with Crippen LogP contribution in [0.1, 0.15) is 5.56 Å². The molecule has 20 heavy (non-hydrogen) atoms. The summed E-state index contributed by atoms with van der Waals surface area (Å²) in [7, 11) is 1.64. The molecule has 0 amide bonds. The summed E-state index contributed by atoms with van der Waals surface area (Å²) in [5.41, 5.74) is 1.94. The predicted molar refractivity (Wildman–Crippen MR) is 89.0 cm³/mol. The van der Waals surface area contributed by atoms with Gasteiger partial charge in [-0.2, -0.15) is 0 Å². The molecule has 0 saturated carbocycles. The van der Waals surface area contributed by atoms with Crippen LogP contribution in [-0.2, 0) is 0 Å². The third-order valence-corrected chi connectivity index (χ3v) is 3.96. The van der Waals surface area contributed by atoms with Gasteiger partial charge in [0, 0.05) is 0 Å². The Morgan fingerprint density at radius 3 is 2.55 bits per heavy atom. The van der Waals surface area contributed by atoms with E-state index >= 15 is 0 Å². The predicted octanol–water partition coefficient (Wildman–Crippen LogP) is 4.37. The van der Waals surface area contributed by atoms with Gasteiger partial charge in [0.25, 0.3) is 0 Å². The summed E-state index contributed by atoms with van der Waals surface area (Å²) in [5.74, 6) is 0.766. The van der Waals surface area contributed by atoms with Gasteiger partial charge in [-0.1, -0.05) is 0 Å². The molecule has 0 aliphatic heterocycles. The number of methoxy groups -OCH3 is 1. The maximum absolute atomic E-state index is 5.25. The van der Waals surface area contributed by atoms with Crippen molar-refractivity contribution in [3.05, 3.63) is 64.6 Å². The fourth-order valence-electron chi connectivity index (χ4n) is 1.63. The Kier molecular flexibility index (Phi) is 5.59. The maximum atomic E-state index is 5.25. The fraction of sp³-hybridized carbons (Fsp3) is 0.0625. The van der Waals surface area contributed by atoms with E-state index in [1.165, 1.54) is 0 Å². The van der Waals surface area contributed by atoms with E-state index in [1.807, 2.05) is 54.6 Å². The number of ether oxygens (including phenoxy) is 1. The first-order chi connectivity index (χ1) is 9.70. The van der Waals surface area contributed by atoms with E-state index in [9.17, 15) is 0 Å². The molecular formula is C16H13BrNOSe. The number of para-hydroxylation sites is 2. The quantitative estimate of drug-likeness (QED) is 0.558. The Bertz CT molecular complexity index is 635. The normalized spacial score (nSPS) is 11.8. The van der Waals surface area contributed by atoms with Crippen LogP contribution < -0.4 is 4.74 Å². The summed E-state index contributed by atoms with van der Waals surface area (Å²) < 4.78 is 7.36. The zero-order valence-electron chi connectivity index (χ0n) is 10.9. The van der Waals surface area contributed by atoms with Gasteiger partial charge in [-0.25, -0.2) is 0 Å². The van der Waals surface area contributed by atoms with Gasteiger partial charge in [-0.15, -0.1) is 0 Å². The molecule has 2 rings (SSSR count). The molecule has 2 aromatic rings. The number of allylic oxidation sites excluding steroid dienone is 1. The van der Waals surface area contributed by atoms with Crippen molar-refractivity contribution in [1.29, 1.82) is 0 Å². The second kappa shape index (κ2) is 7.44. The van der Waals surface area contributed by atoms with Crippen molar-refractivity contribution in [2.45, 2.75) is 0 Å². The molecule has 0 bridgehead atoms. The molecule has 1 radical (unpaired) electrons. The van der Waals surface area contributed by atoms with Crippen LogP contribution in [-0.4, -0.2) is 29.3 Å². The van der Waals surface area contributed by atoms with Gasteiger partial charge in [-0.05, 0) is 0 Å². The van der Waals surface area contributed by atoms with Crippen molar-refractivity contribution in [2.24, 2.45) is 4.99 Å². The molecule has 0 atom stereocenters. The van der Waals surface area contributed by atoms with Crippen molar-refractivity contribution < 1.29 is 4.74 Å². The fourth-order valence-corrected chi connectivity index (χ4v) is 2.31. The number of nitrogens with zero attached hydrogens (tertiary/aromatic N) is 1. The Balaban J connectivity index is 2.15. The third-order valence-electron chi connectivity index (χ3n) is 2.65. The first-order valence-electron chi connectivity index (χ1n) is 6.01. The number of hydrogen-bond acceptors (Lipinski definition) is 2. The first-order valence-corrected chi connectivity index (χ1v) is 7.66. The molecule has 0 aliphatic carbocycles. The Hall–Kier alpha value is -1.35. The van der Waals surface area contributed by atoms with E-state index in [2.05, 4.69) is 36.9 Å². The number of hydrogen-bond donors (Lipinski definition) is 0. The number of benzene rings is 2. The van der Waals surface area contributed by atoms with Crippen LogP contribution in [0.2, 0.25) is 0 Å². The van der Waals surface area contributed by atoms with E-state index in [4.69, 9.17) is 4.74 Å². The van der Waals surface area contributed by atoms with Crippen LogP contribution in [0.4, 0.5) is 5.69 Å². The van der Waals surface area contributed by atoms with Crippen LogP contribution in [0.15, 0.2) is 64.1 Å². The molecule has 101 valence electrons. The Labute approximate surface area is 135 Å². The molecule has 0 N–H and O–H groups in total. The van der Waals surface area contributed by atoms with Crippen molar-refractivity contribution in [3.63, 3.8) is 0 Å². The van der Waals surface area contributed by atoms with Crippen molar-refractivity contribution in [3.8, 4) is 5.75 Å². The first kappa shape index (κ1) is 15.0. The third kappa shape index (κ3) is 4.07. The van der Waals surface area contributed by atoms with Gasteiger partial charge in [0.2, 0.25) is 0 Å². The number of aliphatic imine (C=N–C) groups is 1. The van der Waals surface area contributed by atoms with Gasteiger partial charge >= 0.3 is 136 Å². The molecule has 2 nitrogen and oxygen atoms in total. The summed E-state index contributed by atoms with van der Waals surface area (Å²) >= 11 is 6.47. The SMILES string of the molecule is COc1ccccc1N=CC=C([Se])c1ccc(Br)cc1. The van der Waals surface area contributed by atoms with E-state index < -0.39 is 0 Å². The van der Waals surface area contributed by atoms with Crippen LogP contribution in [0.25, 0.3) is 4.47 Å². The minimum atomic E-state index is 0.766. The molecule has 2 aromatic carbocycles. The molecule has 0 aliphatic rings. The molecule has 0 unspecified atom stereocenters. The van der Waals surface area contributed by atoms with E-state index in [-0.39, 0.29) is 0 Å². The summed E-state index contributed by atoms with van der Waals surface area (Å²) in [5, 5.41) is 0. The summed E-state index contributed by atoms with van der Waals surface area (Å²) in [4.78, 5) is 4.40. The van der Waals surface area contributed by atoms with Crippen LogP contribution in [0, 0.1) is 0 Å². The zero-order chi connectivity index (χ0) is 14.4. The van der Waals surface area contributed by atoms with Gasteiger partial charge in [0.1, 0.15) is 0 Å². The molecule has 0 fully saturated rings. The van der Waals surface area contributed by atoms with Gasteiger partial charge < -0.3 is 0 Å². The van der Waals surface area contributed by atoms with Crippen LogP contribution in [0.5, 0.6) is 5.75 Å². The van der Waals surface area contributed by atoms with E-state index in [0.29, 0.717) is 0 Å². The number of halogens is 1. The van der Waals surface area contributed by atoms with Crippen molar-refractivity contribution in [2.75, 3.05) is 7.11 Å². The molecule has 0 spiro atoms. The van der Waals surface area contributed by atoms with Crippen LogP contribution in [0.3, 0.4) is 0 Å². The van der Waals surface area contributed by atoms with Gasteiger partial charge in [0.05, 0.1) is 0 Å². The van der Waals surface area contributed by atoms with E-state index in [0.717, 1.165) is 25.9 Å². The topological polar surface area (TPSA) is 21.6 Å². The molecule has 0 saturated heterocycles. The summed E-state index contributed by atoms with van der Waals surface area (Å²) in [6.45, 7) is 0. The second-order valence-electron chi connectivity index (χ2n) is 3.99. The molecular weight excluding hydrogens is 381 g/mol. The van der Waals surface area contributed by atoms with Gasteiger partial charge in [-0.3, -0.25) is 0 Å².